The van der Waals surface area contributed by atoms with Crippen LogP contribution in [0.1, 0.15) is 13.3 Å². The molecule has 0 radical (unpaired) electrons. The van der Waals surface area contributed by atoms with Crippen LogP contribution in [0.2, 0.25) is 25.1 Å². The van der Waals surface area contributed by atoms with Crippen LogP contribution in [0.4, 0.5) is 0 Å². The van der Waals surface area contributed by atoms with E-state index in [1.165, 1.54) is 11.8 Å². The highest BCUT2D eigenvalue weighted by molar-refractivity contribution is 8.00. The number of hydrogen-bond donors (Lipinski definition) is 0. The summed E-state index contributed by atoms with van der Waals surface area (Å²) in [4.78, 5) is 4.65. The van der Waals surface area contributed by atoms with Crippen molar-refractivity contribution >= 4 is 69.8 Å². The third-order valence-electron chi connectivity index (χ3n) is 3.08. The van der Waals surface area contributed by atoms with Crippen LogP contribution in [0.25, 0.3) is 0 Å². The lowest BCUT2D eigenvalue weighted by atomic mass is 10.3. The number of imidazole rings is 1. The molecule has 1 aromatic carbocycles. The van der Waals surface area contributed by atoms with E-state index in [4.69, 9.17) is 62.7 Å². The smallest absolute Gasteiger partial charge is 0.0946 e. The van der Waals surface area contributed by atoms with Crippen LogP contribution >= 0.6 is 69.8 Å². The first kappa shape index (κ1) is 20.5. The topological polar surface area (TPSA) is 27.1 Å². The monoisotopic (exact) mass is 446 g/mol. The molecule has 2 rings (SSSR count). The maximum atomic E-state index is 6.32. The summed E-state index contributed by atoms with van der Waals surface area (Å²) < 4.78 is 7.66. The number of ether oxygens (including phenoxy) is 1. The second kappa shape index (κ2) is 9.77. The predicted molar refractivity (Wildman–Crippen MR) is 104 cm³/mol. The first-order valence-electron chi connectivity index (χ1n) is 7.17. The number of rotatable bonds is 8. The molecule has 0 amide bonds. The largest absolute Gasteiger partial charge is 0.380 e. The maximum Gasteiger partial charge on any atom is 0.0946 e. The maximum absolute atomic E-state index is 6.32. The van der Waals surface area contributed by atoms with E-state index in [1.54, 1.807) is 12.5 Å². The lowest BCUT2D eigenvalue weighted by molar-refractivity contribution is 0.133. The van der Waals surface area contributed by atoms with E-state index < -0.39 is 0 Å². The predicted octanol–water partition coefficient (Wildman–Crippen LogP) is 6.74. The van der Waals surface area contributed by atoms with E-state index in [1.807, 2.05) is 10.8 Å². The molecule has 1 unspecified atom stereocenters. The molecule has 1 heterocycles. The molecule has 0 N–H and O–H groups in total. The summed E-state index contributed by atoms with van der Waals surface area (Å²) in [5, 5.41) is 1.21. The first-order valence-corrected chi connectivity index (χ1v) is 9.94. The molecule has 0 aliphatic rings. The Morgan fingerprint density at radius 3 is 2.25 bits per heavy atom. The molecule has 0 aliphatic carbocycles. The van der Waals surface area contributed by atoms with Gasteiger partial charge in [0, 0.05) is 30.4 Å². The molecule has 0 saturated heterocycles. The standard InChI is InChI=1S/C15H15Cl5N2OS/c1-2-5-23-7-9(6-22-4-3-21-8-22)24-15-13(19)11(17)10(16)12(18)14(15)20/h3-4,8-9H,2,5-7H2,1H3. The summed E-state index contributed by atoms with van der Waals surface area (Å²) in [6, 6.07) is 0. The number of benzene rings is 1. The van der Waals surface area contributed by atoms with Crippen molar-refractivity contribution in [2.75, 3.05) is 13.2 Å². The van der Waals surface area contributed by atoms with Crippen molar-refractivity contribution in [2.45, 2.75) is 30.0 Å². The second-order valence-corrected chi connectivity index (χ2v) is 8.17. The van der Waals surface area contributed by atoms with Crippen molar-refractivity contribution in [3.63, 3.8) is 0 Å². The van der Waals surface area contributed by atoms with Crippen molar-refractivity contribution in [3.05, 3.63) is 43.8 Å². The van der Waals surface area contributed by atoms with Crippen LogP contribution in [0.3, 0.4) is 0 Å². The average molecular weight is 449 g/mol. The van der Waals surface area contributed by atoms with Crippen molar-refractivity contribution in [2.24, 2.45) is 0 Å². The molecule has 0 aliphatic heterocycles. The fourth-order valence-electron chi connectivity index (χ4n) is 1.97. The Bertz CT molecular complexity index is 652. The molecule has 0 saturated carbocycles. The zero-order valence-corrected chi connectivity index (χ0v) is 17.3. The Morgan fingerprint density at radius 2 is 1.71 bits per heavy atom. The minimum atomic E-state index is 0.0501. The summed E-state index contributed by atoms with van der Waals surface area (Å²) in [6.07, 6.45) is 6.31. The van der Waals surface area contributed by atoms with Gasteiger partial charge in [0.15, 0.2) is 0 Å². The van der Waals surface area contributed by atoms with Crippen LogP contribution in [0.15, 0.2) is 23.6 Å². The van der Waals surface area contributed by atoms with Gasteiger partial charge >= 0.3 is 0 Å². The fraction of sp³-hybridized carbons (Fsp3) is 0.400. The Balaban J connectivity index is 2.25. The van der Waals surface area contributed by atoms with Crippen LogP contribution in [0, 0.1) is 0 Å². The molecule has 0 spiro atoms. The Labute approximate surface area is 170 Å². The average Bonchev–Trinajstić information content (AvgIpc) is 3.08. The van der Waals surface area contributed by atoms with Crippen molar-refractivity contribution < 1.29 is 4.74 Å². The summed E-state index contributed by atoms with van der Waals surface area (Å²) in [5.74, 6) is 0. The van der Waals surface area contributed by atoms with E-state index in [-0.39, 0.29) is 20.3 Å². The van der Waals surface area contributed by atoms with Gasteiger partial charge in [0.1, 0.15) is 0 Å². The molecule has 2 aromatic rings. The van der Waals surface area contributed by atoms with Gasteiger partial charge in [0.2, 0.25) is 0 Å². The molecule has 9 heteroatoms. The van der Waals surface area contributed by atoms with Gasteiger partial charge in [0.25, 0.3) is 0 Å². The zero-order valence-electron chi connectivity index (χ0n) is 12.7. The van der Waals surface area contributed by atoms with E-state index in [2.05, 4.69) is 11.9 Å². The van der Waals surface area contributed by atoms with E-state index >= 15 is 0 Å². The van der Waals surface area contributed by atoms with Gasteiger partial charge in [0.05, 0.1) is 43.3 Å². The molecular formula is C15H15Cl5N2OS. The van der Waals surface area contributed by atoms with Gasteiger partial charge in [-0.1, -0.05) is 64.9 Å². The van der Waals surface area contributed by atoms with Gasteiger partial charge in [-0.05, 0) is 6.42 Å². The van der Waals surface area contributed by atoms with Gasteiger partial charge < -0.3 is 9.30 Å². The van der Waals surface area contributed by atoms with Crippen LogP contribution in [0.5, 0.6) is 0 Å². The number of nitrogens with zero attached hydrogens (tertiary/aromatic N) is 2. The molecule has 1 aromatic heterocycles. The summed E-state index contributed by atoms with van der Waals surface area (Å²) in [6.45, 7) is 3.95. The first-order chi connectivity index (χ1) is 11.5. The summed E-state index contributed by atoms with van der Waals surface area (Å²) >= 11 is 32.4. The van der Waals surface area contributed by atoms with Gasteiger partial charge in [-0.2, -0.15) is 0 Å². The molecule has 24 heavy (non-hydrogen) atoms. The third kappa shape index (κ3) is 5.10. The molecule has 1 atom stereocenters. The number of halogens is 5. The van der Waals surface area contributed by atoms with Crippen molar-refractivity contribution in [3.8, 4) is 0 Å². The van der Waals surface area contributed by atoms with Gasteiger partial charge in [-0.15, -0.1) is 11.8 Å². The van der Waals surface area contributed by atoms with E-state index in [0.29, 0.717) is 34.7 Å². The number of hydrogen-bond acceptors (Lipinski definition) is 3. The molecule has 0 fully saturated rings. The summed E-state index contributed by atoms with van der Waals surface area (Å²) in [5.41, 5.74) is 0. The number of thioether (sulfide) groups is 1. The molecular weight excluding hydrogens is 434 g/mol. The lowest BCUT2D eigenvalue weighted by Gasteiger charge is -2.20. The quantitative estimate of drug-likeness (QED) is 0.194. The SMILES string of the molecule is CCCOCC(Cn1ccnc1)Sc1c(Cl)c(Cl)c(Cl)c(Cl)c1Cl. The highest BCUT2D eigenvalue weighted by Crippen LogP contribution is 2.48. The Kier molecular flexibility index (Phi) is 8.34. The second-order valence-electron chi connectivity index (χ2n) is 4.97. The third-order valence-corrected chi connectivity index (χ3v) is 6.84. The fourth-order valence-corrected chi connectivity index (χ4v) is 4.64. The molecule has 3 nitrogen and oxygen atoms in total. The van der Waals surface area contributed by atoms with Crippen LogP contribution < -0.4 is 0 Å². The van der Waals surface area contributed by atoms with Crippen molar-refractivity contribution in [1.82, 2.24) is 9.55 Å². The normalized spacial score (nSPS) is 12.6. The summed E-state index contributed by atoms with van der Waals surface area (Å²) in [7, 11) is 0. The minimum absolute atomic E-state index is 0.0501. The number of aromatic nitrogens is 2. The van der Waals surface area contributed by atoms with E-state index in [9.17, 15) is 0 Å². The van der Waals surface area contributed by atoms with Gasteiger partial charge in [-0.3, -0.25) is 0 Å². The van der Waals surface area contributed by atoms with Crippen LogP contribution in [-0.4, -0.2) is 28.0 Å². The lowest BCUT2D eigenvalue weighted by Crippen LogP contribution is -2.19. The minimum Gasteiger partial charge on any atom is -0.380 e. The van der Waals surface area contributed by atoms with Crippen LogP contribution in [-0.2, 0) is 11.3 Å². The molecule has 0 bridgehead atoms. The van der Waals surface area contributed by atoms with Gasteiger partial charge in [-0.25, -0.2) is 4.98 Å². The Hall–Kier alpha value is 0.190. The Morgan fingerprint density at radius 1 is 1.08 bits per heavy atom. The highest BCUT2D eigenvalue weighted by atomic mass is 35.5. The van der Waals surface area contributed by atoms with E-state index in [0.717, 1.165) is 6.42 Å². The highest BCUT2D eigenvalue weighted by Gasteiger charge is 2.23. The zero-order chi connectivity index (χ0) is 17.7. The molecule has 132 valence electrons. The van der Waals surface area contributed by atoms with Crippen molar-refractivity contribution in [1.29, 1.82) is 0 Å².